The highest BCUT2D eigenvalue weighted by Crippen LogP contribution is 2.44. The molecule has 4 aromatic carbocycles. The first-order valence-corrected chi connectivity index (χ1v) is 12.3. The molecule has 37 heavy (non-hydrogen) atoms. The molecule has 6 rings (SSSR count). The lowest BCUT2D eigenvalue weighted by Gasteiger charge is -2.25. The lowest BCUT2D eigenvalue weighted by molar-refractivity contribution is -0.185. The summed E-state index contributed by atoms with van der Waals surface area (Å²) >= 11 is 1.12. The van der Waals surface area contributed by atoms with E-state index < -0.39 is 11.8 Å². The highest BCUT2D eigenvalue weighted by atomic mass is 32.1. The molecule has 7 heteroatoms. The van der Waals surface area contributed by atoms with Crippen LogP contribution < -0.4 is 0 Å². The van der Waals surface area contributed by atoms with E-state index in [0.717, 1.165) is 34.7 Å². The zero-order valence-electron chi connectivity index (χ0n) is 19.7. The molecule has 1 aliphatic rings. The highest BCUT2D eigenvalue weighted by Gasteiger charge is 2.48. The van der Waals surface area contributed by atoms with Crippen molar-refractivity contribution in [1.29, 1.82) is 0 Å². The van der Waals surface area contributed by atoms with Gasteiger partial charge in [0.25, 0.3) is 5.79 Å². The quantitative estimate of drug-likeness (QED) is 0.247. The minimum Gasteiger partial charge on any atom is -0.421 e. The molecule has 0 bridgehead atoms. The first-order chi connectivity index (χ1) is 18.1. The largest absolute Gasteiger partial charge is 0.421 e. The molecular formula is C30H22N2O4S. The fourth-order valence-corrected chi connectivity index (χ4v) is 4.72. The Balaban J connectivity index is 0.000000301. The number of cyclic esters (lactones) is 1. The van der Waals surface area contributed by atoms with E-state index >= 15 is 0 Å². The second-order valence-corrected chi connectivity index (χ2v) is 8.94. The standard InChI is InChI=1S/C23H16N2O3S.C7H6O/c26-22-21(16-11-12-19-20(14-16)25-29-24-19)18(13-15-7-3-1-4-8-15)23(27,28-22)17-9-5-2-6-10-17;8-6-7-4-2-1-3-5-7/h1-12,14,27H,13H2;1-6H. The number of aromatic nitrogens is 2. The van der Waals surface area contributed by atoms with Crippen LogP contribution in [0.5, 0.6) is 0 Å². The van der Waals surface area contributed by atoms with Gasteiger partial charge in [0.1, 0.15) is 17.3 Å². The predicted octanol–water partition coefficient (Wildman–Crippen LogP) is 5.59. The average molecular weight is 507 g/mol. The molecule has 182 valence electrons. The number of fused-ring (bicyclic) bond motifs is 1. The van der Waals surface area contributed by atoms with E-state index in [1.165, 1.54) is 0 Å². The van der Waals surface area contributed by atoms with E-state index in [9.17, 15) is 14.7 Å². The lowest BCUT2D eigenvalue weighted by Crippen LogP contribution is -2.29. The van der Waals surface area contributed by atoms with E-state index in [1.807, 2.05) is 84.9 Å². The number of carbonyl (C=O) groups is 2. The maximum atomic E-state index is 13.0. The van der Waals surface area contributed by atoms with Crippen molar-refractivity contribution in [3.8, 4) is 0 Å². The van der Waals surface area contributed by atoms with Crippen LogP contribution >= 0.6 is 11.7 Å². The number of carbonyl (C=O) groups excluding carboxylic acids is 2. The van der Waals surface area contributed by atoms with Crippen LogP contribution in [0.1, 0.15) is 27.0 Å². The van der Waals surface area contributed by atoms with Crippen LogP contribution in [0.2, 0.25) is 0 Å². The van der Waals surface area contributed by atoms with Crippen LogP contribution in [0.15, 0.2) is 115 Å². The number of aliphatic hydroxyl groups is 1. The van der Waals surface area contributed by atoms with Crippen LogP contribution in [0, 0.1) is 0 Å². The third kappa shape index (κ3) is 5.09. The number of ether oxygens (including phenoxy) is 1. The lowest BCUT2D eigenvalue weighted by atomic mass is 9.88. The van der Waals surface area contributed by atoms with Gasteiger partial charge >= 0.3 is 5.97 Å². The molecule has 1 unspecified atom stereocenters. The molecule has 0 radical (unpaired) electrons. The third-order valence-corrected chi connectivity index (χ3v) is 6.58. The van der Waals surface area contributed by atoms with Gasteiger partial charge in [-0.15, -0.1) is 0 Å². The summed E-state index contributed by atoms with van der Waals surface area (Å²) in [7, 11) is 0. The van der Waals surface area contributed by atoms with E-state index in [0.29, 0.717) is 34.2 Å². The first-order valence-electron chi connectivity index (χ1n) is 11.6. The summed E-state index contributed by atoms with van der Waals surface area (Å²) in [4.78, 5) is 23.0. The second-order valence-electron chi connectivity index (χ2n) is 8.41. The molecule has 0 saturated carbocycles. The summed E-state index contributed by atoms with van der Waals surface area (Å²) in [6.45, 7) is 0. The van der Waals surface area contributed by atoms with Gasteiger partial charge in [0.05, 0.1) is 17.3 Å². The van der Waals surface area contributed by atoms with Gasteiger partial charge in [-0.25, -0.2) is 4.79 Å². The summed E-state index contributed by atoms with van der Waals surface area (Å²) in [6.07, 6.45) is 1.21. The molecule has 2 heterocycles. The molecule has 1 aromatic heterocycles. The highest BCUT2D eigenvalue weighted by molar-refractivity contribution is 7.00. The van der Waals surface area contributed by atoms with Crippen molar-refractivity contribution in [1.82, 2.24) is 8.75 Å². The smallest absolute Gasteiger partial charge is 0.342 e. The van der Waals surface area contributed by atoms with Crippen molar-refractivity contribution < 1.29 is 19.4 Å². The number of esters is 1. The Labute approximate surface area is 217 Å². The van der Waals surface area contributed by atoms with Gasteiger partial charge in [0.2, 0.25) is 0 Å². The number of hydrogen-bond donors (Lipinski definition) is 1. The van der Waals surface area contributed by atoms with Crippen molar-refractivity contribution in [2.75, 3.05) is 0 Å². The third-order valence-electron chi connectivity index (χ3n) is 6.02. The van der Waals surface area contributed by atoms with Crippen LogP contribution in [0.25, 0.3) is 16.6 Å². The monoisotopic (exact) mass is 506 g/mol. The van der Waals surface area contributed by atoms with Gasteiger partial charge in [-0.2, -0.15) is 8.75 Å². The fraction of sp³-hybridized carbons (Fsp3) is 0.0667. The summed E-state index contributed by atoms with van der Waals surface area (Å²) in [5.74, 6) is -2.37. The normalized spacial score (nSPS) is 16.7. The van der Waals surface area contributed by atoms with Crippen LogP contribution in [-0.4, -0.2) is 26.1 Å². The molecule has 6 nitrogen and oxygen atoms in total. The molecule has 5 aromatic rings. The number of rotatable bonds is 5. The molecule has 0 fully saturated rings. The van der Waals surface area contributed by atoms with Crippen LogP contribution in [0.3, 0.4) is 0 Å². The molecular weight excluding hydrogens is 484 g/mol. The first kappa shape index (κ1) is 24.2. The Hall–Kier alpha value is -4.46. The van der Waals surface area contributed by atoms with Crippen molar-refractivity contribution in [2.45, 2.75) is 12.2 Å². The maximum absolute atomic E-state index is 13.0. The van der Waals surface area contributed by atoms with Crippen molar-refractivity contribution in [3.63, 3.8) is 0 Å². The Bertz CT molecular complexity index is 1570. The number of hydrogen-bond acceptors (Lipinski definition) is 7. The van der Waals surface area contributed by atoms with E-state index in [2.05, 4.69) is 8.75 Å². The average Bonchev–Trinajstić information content (AvgIpc) is 3.52. The van der Waals surface area contributed by atoms with E-state index in [4.69, 9.17) is 4.74 Å². The minimum absolute atomic E-state index is 0.370. The Kier molecular flexibility index (Phi) is 6.98. The Morgan fingerprint density at radius 3 is 2.08 bits per heavy atom. The molecule has 1 N–H and O–H groups in total. The Morgan fingerprint density at radius 2 is 1.43 bits per heavy atom. The van der Waals surface area contributed by atoms with Crippen LogP contribution in [-0.2, 0) is 21.7 Å². The SMILES string of the molecule is O=C1OC(O)(c2ccccc2)C(Cc2ccccc2)=C1c1ccc2nsnc2c1.O=Cc1ccccc1. The van der Waals surface area contributed by atoms with Gasteiger partial charge in [0, 0.05) is 23.1 Å². The van der Waals surface area contributed by atoms with Gasteiger partial charge < -0.3 is 9.84 Å². The molecule has 0 saturated heterocycles. The minimum atomic E-state index is -1.82. The number of benzene rings is 4. The van der Waals surface area contributed by atoms with Crippen molar-refractivity contribution in [3.05, 3.63) is 137 Å². The molecule has 1 aliphatic heterocycles. The molecule has 0 aliphatic carbocycles. The van der Waals surface area contributed by atoms with E-state index in [-0.39, 0.29) is 0 Å². The van der Waals surface area contributed by atoms with Gasteiger partial charge in [0.15, 0.2) is 0 Å². The Morgan fingerprint density at radius 1 is 0.811 bits per heavy atom. The second kappa shape index (κ2) is 10.7. The van der Waals surface area contributed by atoms with Gasteiger partial charge in [-0.1, -0.05) is 97.1 Å². The number of nitrogens with zero attached hydrogens (tertiary/aromatic N) is 2. The molecule has 0 amide bonds. The van der Waals surface area contributed by atoms with Crippen molar-refractivity contribution in [2.24, 2.45) is 0 Å². The van der Waals surface area contributed by atoms with Gasteiger partial charge in [-0.3, -0.25) is 4.79 Å². The topological polar surface area (TPSA) is 89.4 Å². The predicted molar refractivity (Wildman–Crippen MR) is 143 cm³/mol. The summed E-state index contributed by atoms with van der Waals surface area (Å²) in [5, 5.41) is 11.5. The molecule has 0 spiro atoms. The summed E-state index contributed by atoms with van der Waals surface area (Å²) in [5.41, 5.74) is 5.25. The van der Waals surface area contributed by atoms with E-state index in [1.54, 1.807) is 24.3 Å². The van der Waals surface area contributed by atoms with Crippen molar-refractivity contribution >= 4 is 40.6 Å². The zero-order chi connectivity index (χ0) is 25.7. The van der Waals surface area contributed by atoms with Gasteiger partial charge in [-0.05, 0) is 23.3 Å². The molecule has 1 atom stereocenters. The zero-order valence-corrected chi connectivity index (χ0v) is 20.5. The summed E-state index contributed by atoms with van der Waals surface area (Å²) in [6, 6.07) is 33.3. The summed E-state index contributed by atoms with van der Waals surface area (Å²) < 4.78 is 14.1. The number of aldehydes is 1. The fourth-order valence-electron chi connectivity index (χ4n) is 4.21. The maximum Gasteiger partial charge on any atom is 0.342 e. The van der Waals surface area contributed by atoms with Crippen LogP contribution in [0.4, 0.5) is 0 Å².